The first-order chi connectivity index (χ1) is 7.15. The molecule has 0 amide bonds. The Morgan fingerprint density at radius 2 is 2.20 bits per heavy atom. The number of aromatic nitrogens is 1. The molecule has 78 valence electrons. The van der Waals surface area contributed by atoms with Crippen LogP contribution in [0.15, 0.2) is 27.6 Å². The Balaban J connectivity index is 3.02. The highest BCUT2D eigenvalue weighted by Gasteiger charge is 2.10. The van der Waals surface area contributed by atoms with Crippen LogP contribution in [0, 0.1) is 3.57 Å². The molecule has 0 radical (unpaired) electrons. The quantitative estimate of drug-likeness (QED) is 0.774. The van der Waals surface area contributed by atoms with Crippen molar-refractivity contribution >= 4 is 49.4 Å². The van der Waals surface area contributed by atoms with Crippen molar-refractivity contribution < 1.29 is 4.74 Å². The van der Waals surface area contributed by atoms with E-state index in [-0.39, 0.29) is 5.43 Å². The molecule has 1 heterocycles. The predicted octanol–water partition coefficient (Wildman–Crippen LogP) is 2.90. The number of H-pyrrole nitrogens is 1. The van der Waals surface area contributed by atoms with E-state index in [2.05, 4.69) is 20.9 Å². The molecule has 1 aromatic heterocycles. The molecule has 15 heavy (non-hydrogen) atoms. The van der Waals surface area contributed by atoms with Crippen LogP contribution in [0.25, 0.3) is 10.9 Å². The SMILES string of the molecule is COc1ccc(Br)c2[nH]cc(I)c(=O)c12. The van der Waals surface area contributed by atoms with E-state index in [0.717, 1.165) is 9.99 Å². The van der Waals surface area contributed by atoms with Crippen molar-refractivity contribution in [3.05, 3.63) is 36.6 Å². The number of benzene rings is 1. The lowest BCUT2D eigenvalue weighted by Gasteiger charge is -2.06. The van der Waals surface area contributed by atoms with Crippen LogP contribution in [0.1, 0.15) is 0 Å². The zero-order chi connectivity index (χ0) is 11.0. The monoisotopic (exact) mass is 379 g/mol. The van der Waals surface area contributed by atoms with E-state index in [4.69, 9.17) is 4.74 Å². The number of methoxy groups -OCH3 is 1. The van der Waals surface area contributed by atoms with Gasteiger partial charge in [0.1, 0.15) is 5.75 Å². The zero-order valence-electron chi connectivity index (χ0n) is 7.80. The third-order valence-corrected chi connectivity index (χ3v) is 3.59. The predicted molar refractivity (Wildman–Crippen MR) is 71.5 cm³/mol. The number of pyridine rings is 1. The average Bonchev–Trinajstić information content (AvgIpc) is 2.24. The molecule has 0 bridgehead atoms. The molecule has 0 fully saturated rings. The van der Waals surface area contributed by atoms with E-state index in [1.807, 2.05) is 28.7 Å². The second-order valence-corrected chi connectivity index (χ2v) is 4.98. The van der Waals surface area contributed by atoms with Crippen molar-refractivity contribution in [1.29, 1.82) is 0 Å². The summed E-state index contributed by atoms with van der Waals surface area (Å²) in [5.74, 6) is 0.591. The van der Waals surface area contributed by atoms with Crippen LogP contribution >= 0.6 is 38.5 Å². The maximum Gasteiger partial charge on any atom is 0.206 e. The second-order valence-electron chi connectivity index (χ2n) is 2.97. The topological polar surface area (TPSA) is 42.1 Å². The van der Waals surface area contributed by atoms with Gasteiger partial charge in [-0.2, -0.15) is 0 Å². The summed E-state index contributed by atoms with van der Waals surface area (Å²) in [6.45, 7) is 0. The third kappa shape index (κ3) is 1.78. The van der Waals surface area contributed by atoms with E-state index in [1.165, 1.54) is 0 Å². The Bertz CT molecular complexity index is 579. The Morgan fingerprint density at radius 1 is 1.47 bits per heavy atom. The fourth-order valence-electron chi connectivity index (χ4n) is 1.42. The summed E-state index contributed by atoms with van der Waals surface area (Å²) in [7, 11) is 1.56. The van der Waals surface area contributed by atoms with Gasteiger partial charge < -0.3 is 9.72 Å². The molecule has 0 atom stereocenters. The van der Waals surface area contributed by atoms with Crippen LogP contribution in [0.3, 0.4) is 0 Å². The van der Waals surface area contributed by atoms with E-state index in [0.29, 0.717) is 14.7 Å². The second kappa shape index (κ2) is 4.13. The summed E-state index contributed by atoms with van der Waals surface area (Å²) in [6.07, 6.45) is 1.69. The van der Waals surface area contributed by atoms with E-state index >= 15 is 0 Å². The smallest absolute Gasteiger partial charge is 0.206 e. The van der Waals surface area contributed by atoms with Crippen molar-refractivity contribution in [3.8, 4) is 5.75 Å². The zero-order valence-corrected chi connectivity index (χ0v) is 11.5. The molecule has 1 aromatic carbocycles. The molecule has 2 rings (SSSR count). The minimum absolute atomic E-state index is 0.0116. The molecule has 0 saturated carbocycles. The Morgan fingerprint density at radius 3 is 2.87 bits per heavy atom. The van der Waals surface area contributed by atoms with Crippen LogP contribution in [-0.4, -0.2) is 12.1 Å². The molecule has 3 nitrogen and oxygen atoms in total. The lowest BCUT2D eigenvalue weighted by atomic mass is 10.2. The van der Waals surface area contributed by atoms with Crippen molar-refractivity contribution in [2.75, 3.05) is 7.11 Å². The minimum Gasteiger partial charge on any atom is -0.496 e. The van der Waals surface area contributed by atoms with Gasteiger partial charge in [0.25, 0.3) is 0 Å². The molecular formula is C10H7BrINO2. The third-order valence-electron chi connectivity index (χ3n) is 2.12. The van der Waals surface area contributed by atoms with Gasteiger partial charge in [0.05, 0.1) is 21.6 Å². The lowest BCUT2D eigenvalue weighted by Crippen LogP contribution is -2.08. The van der Waals surface area contributed by atoms with Crippen LogP contribution in [-0.2, 0) is 0 Å². The van der Waals surface area contributed by atoms with Gasteiger partial charge in [-0.15, -0.1) is 0 Å². The number of nitrogens with one attached hydrogen (secondary N) is 1. The number of halogens is 2. The van der Waals surface area contributed by atoms with Gasteiger partial charge in [-0.25, -0.2) is 0 Å². The first kappa shape index (κ1) is 10.9. The summed E-state index contributed by atoms with van der Waals surface area (Å²) < 4.78 is 6.68. The molecule has 0 saturated heterocycles. The number of ether oxygens (including phenoxy) is 1. The normalized spacial score (nSPS) is 10.6. The highest BCUT2D eigenvalue weighted by atomic mass is 127. The Hall–Kier alpha value is -0.560. The highest BCUT2D eigenvalue weighted by Crippen LogP contribution is 2.27. The summed E-state index contributed by atoms with van der Waals surface area (Å²) in [6, 6.07) is 3.63. The van der Waals surface area contributed by atoms with Gasteiger partial charge in [0.15, 0.2) is 0 Å². The fraction of sp³-hybridized carbons (Fsp3) is 0.100. The molecular weight excluding hydrogens is 373 g/mol. The highest BCUT2D eigenvalue weighted by molar-refractivity contribution is 14.1. The number of fused-ring (bicyclic) bond motifs is 1. The number of hydrogen-bond donors (Lipinski definition) is 1. The number of hydrogen-bond acceptors (Lipinski definition) is 2. The average molecular weight is 380 g/mol. The Labute approximate surface area is 108 Å². The molecule has 0 unspecified atom stereocenters. The number of aromatic amines is 1. The summed E-state index contributed by atoms with van der Waals surface area (Å²) in [5.41, 5.74) is 0.752. The standard InChI is InChI=1S/C10H7BrINO2/c1-15-7-3-2-5(11)9-8(7)10(14)6(12)4-13-9/h2-4H,1H3,(H,13,14). The van der Waals surface area contributed by atoms with Crippen LogP contribution in [0.5, 0.6) is 5.75 Å². The number of rotatable bonds is 1. The van der Waals surface area contributed by atoms with Crippen molar-refractivity contribution in [1.82, 2.24) is 4.98 Å². The van der Waals surface area contributed by atoms with Gasteiger partial charge in [0, 0.05) is 10.7 Å². The van der Waals surface area contributed by atoms with E-state index in [1.54, 1.807) is 19.4 Å². The summed E-state index contributed by atoms with van der Waals surface area (Å²) >= 11 is 5.39. The fourth-order valence-corrected chi connectivity index (χ4v) is 2.29. The van der Waals surface area contributed by atoms with Crippen molar-refractivity contribution in [3.63, 3.8) is 0 Å². The maximum atomic E-state index is 11.9. The molecule has 1 N–H and O–H groups in total. The van der Waals surface area contributed by atoms with E-state index < -0.39 is 0 Å². The maximum absolute atomic E-state index is 11.9. The molecule has 0 aliphatic rings. The van der Waals surface area contributed by atoms with Crippen molar-refractivity contribution in [2.45, 2.75) is 0 Å². The first-order valence-corrected chi connectivity index (χ1v) is 6.05. The Kier molecular flexibility index (Phi) is 3.01. The summed E-state index contributed by atoms with van der Waals surface area (Å²) in [5, 5.41) is 0.582. The molecule has 2 aromatic rings. The van der Waals surface area contributed by atoms with Gasteiger partial charge in [-0.1, -0.05) is 0 Å². The van der Waals surface area contributed by atoms with Gasteiger partial charge >= 0.3 is 0 Å². The molecule has 0 aliphatic carbocycles. The van der Waals surface area contributed by atoms with E-state index in [9.17, 15) is 4.79 Å². The van der Waals surface area contributed by atoms with Gasteiger partial charge in [0.2, 0.25) is 5.43 Å². The van der Waals surface area contributed by atoms with Gasteiger partial charge in [-0.3, -0.25) is 4.79 Å². The molecule has 5 heteroatoms. The van der Waals surface area contributed by atoms with Crippen LogP contribution in [0.2, 0.25) is 0 Å². The summed E-state index contributed by atoms with van der Waals surface area (Å²) in [4.78, 5) is 15.0. The molecule has 0 spiro atoms. The van der Waals surface area contributed by atoms with Gasteiger partial charge in [-0.05, 0) is 50.7 Å². The first-order valence-electron chi connectivity index (χ1n) is 4.18. The minimum atomic E-state index is -0.0116. The van der Waals surface area contributed by atoms with Crippen LogP contribution in [0.4, 0.5) is 0 Å². The van der Waals surface area contributed by atoms with Crippen LogP contribution < -0.4 is 10.2 Å². The largest absolute Gasteiger partial charge is 0.496 e. The molecule has 0 aliphatic heterocycles. The lowest BCUT2D eigenvalue weighted by molar-refractivity contribution is 0.419. The van der Waals surface area contributed by atoms with Crippen molar-refractivity contribution in [2.24, 2.45) is 0 Å².